The Labute approximate surface area is 157 Å². The number of benzene rings is 1. The van der Waals surface area contributed by atoms with Crippen molar-refractivity contribution in [3.8, 4) is 11.3 Å². The summed E-state index contributed by atoms with van der Waals surface area (Å²) in [5.74, 6) is -1.13. The van der Waals surface area contributed by atoms with E-state index in [4.69, 9.17) is 10.1 Å². The van der Waals surface area contributed by atoms with E-state index in [1.54, 1.807) is 16.9 Å². The Morgan fingerprint density at radius 2 is 1.96 bits per heavy atom. The topological polar surface area (TPSA) is 97.1 Å². The Kier molecular flexibility index (Phi) is 5.49. The molecule has 1 aromatic carbocycles. The first kappa shape index (κ1) is 18.6. The van der Waals surface area contributed by atoms with Crippen molar-refractivity contribution in [1.82, 2.24) is 20.1 Å². The largest absolute Gasteiger partial charge is 0.481 e. The fourth-order valence-electron chi connectivity index (χ4n) is 2.88. The van der Waals surface area contributed by atoms with Crippen molar-refractivity contribution in [3.05, 3.63) is 48.2 Å². The molecule has 0 atom stereocenters. The van der Waals surface area contributed by atoms with E-state index in [9.17, 15) is 9.59 Å². The van der Waals surface area contributed by atoms with Crippen LogP contribution in [0.15, 0.2) is 42.6 Å². The number of hydrogen-bond acceptors (Lipinski definition) is 4. The normalized spacial score (nSPS) is 11.1. The van der Waals surface area contributed by atoms with E-state index >= 15 is 0 Å². The zero-order valence-electron chi connectivity index (χ0n) is 15.3. The molecular formula is C20H22N4O3. The highest BCUT2D eigenvalue weighted by molar-refractivity contribution is 6.06. The number of carboxylic acid groups (broad SMARTS) is 1. The maximum absolute atomic E-state index is 12.7. The van der Waals surface area contributed by atoms with Crippen LogP contribution in [0.25, 0.3) is 22.3 Å². The van der Waals surface area contributed by atoms with Crippen molar-refractivity contribution in [1.29, 1.82) is 0 Å². The predicted molar refractivity (Wildman–Crippen MR) is 103 cm³/mol. The zero-order chi connectivity index (χ0) is 19.4. The third-order valence-corrected chi connectivity index (χ3v) is 4.22. The summed E-state index contributed by atoms with van der Waals surface area (Å²) in [5, 5.41) is 16.6. The van der Waals surface area contributed by atoms with Crippen LogP contribution in [-0.4, -0.2) is 38.3 Å². The van der Waals surface area contributed by atoms with Gasteiger partial charge in [-0.3, -0.25) is 9.59 Å². The van der Waals surface area contributed by atoms with Gasteiger partial charge in [0.25, 0.3) is 5.91 Å². The van der Waals surface area contributed by atoms with E-state index in [-0.39, 0.29) is 18.4 Å². The van der Waals surface area contributed by atoms with Gasteiger partial charge < -0.3 is 10.4 Å². The molecule has 140 valence electrons. The third-order valence-electron chi connectivity index (χ3n) is 4.22. The van der Waals surface area contributed by atoms with Crippen LogP contribution >= 0.6 is 0 Å². The number of carbonyl (C=O) groups is 2. The van der Waals surface area contributed by atoms with Crippen LogP contribution in [0.5, 0.6) is 0 Å². The van der Waals surface area contributed by atoms with Crippen LogP contribution in [0.2, 0.25) is 0 Å². The van der Waals surface area contributed by atoms with E-state index < -0.39 is 5.97 Å². The fraction of sp³-hybridized carbons (Fsp3) is 0.300. The molecule has 0 fully saturated rings. The van der Waals surface area contributed by atoms with Gasteiger partial charge >= 0.3 is 5.97 Å². The number of aromatic nitrogens is 3. The molecule has 2 aromatic heterocycles. The van der Waals surface area contributed by atoms with Gasteiger partial charge in [-0.2, -0.15) is 5.10 Å². The number of fused-ring (bicyclic) bond motifs is 1. The first-order valence-corrected chi connectivity index (χ1v) is 8.91. The lowest BCUT2D eigenvalue weighted by atomic mass is 10.1. The summed E-state index contributed by atoms with van der Waals surface area (Å²) in [6.07, 6.45) is 2.06. The van der Waals surface area contributed by atoms with Gasteiger partial charge in [0, 0.05) is 24.6 Å². The van der Waals surface area contributed by atoms with Crippen molar-refractivity contribution in [2.75, 3.05) is 6.54 Å². The predicted octanol–water partition coefficient (Wildman–Crippen LogP) is 3.27. The maximum atomic E-state index is 12.7. The number of amides is 1. The summed E-state index contributed by atoms with van der Waals surface area (Å²) in [7, 11) is 0. The summed E-state index contributed by atoms with van der Waals surface area (Å²) in [4.78, 5) is 28.1. The highest BCUT2D eigenvalue weighted by Gasteiger charge is 2.18. The second kappa shape index (κ2) is 7.99. The Balaban J connectivity index is 2.00. The number of nitrogens with one attached hydrogen (secondary N) is 1. The van der Waals surface area contributed by atoms with Gasteiger partial charge in [-0.05, 0) is 26.3 Å². The second-order valence-corrected chi connectivity index (χ2v) is 6.59. The van der Waals surface area contributed by atoms with E-state index in [0.29, 0.717) is 35.3 Å². The monoisotopic (exact) mass is 366 g/mol. The Morgan fingerprint density at radius 3 is 2.63 bits per heavy atom. The SMILES string of the molecule is CC(C)n1ncc2c(C(=O)NCCCC(=O)O)cc(-c3ccccc3)nc21. The number of rotatable bonds is 7. The minimum Gasteiger partial charge on any atom is -0.481 e. The summed E-state index contributed by atoms with van der Waals surface area (Å²) in [5.41, 5.74) is 2.75. The minimum absolute atomic E-state index is 0.0204. The molecule has 7 nitrogen and oxygen atoms in total. The van der Waals surface area contributed by atoms with Crippen LogP contribution in [0.4, 0.5) is 0 Å². The average Bonchev–Trinajstić information content (AvgIpc) is 3.09. The zero-order valence-corrected chi connectivity index (χ0v) is 15.3. The maximum Gasteiger partial charge on any atom is 0.303 e. The molecule has 0 aliphatic carbocycles. The van der Waals surface area contributed by atoms with Crippen molar-refractivity contribution in [2.24, 2.45) is 0 Å². The van der Waals surface area contributed by atoms with E-state index in [1.807, 2.05) is 44.2 Å². The van der Waals surface area contributed by atoms with Crippen LogP contribution in [0.1, 0.15) is 43.1 Å². The molecule has 0 spiro atoms. The third kappa shape index (κ3) is 4.13. The van der Waals surface area contributed by atoms with E-state index in [2.05, 4.69) is 10.4 Å². The molecule has 0 aliphatic heterocycles. The van der Waals surface area contributed by atoms with Crippen molar-refractivity contribution < 1.29 is 14.7 Å². The molecule has 27 heavy (non-hydrogen) atoms. The van der Waals surface area contributed by atoms with Gasteiger partial charge in [-0.15, -0.1) is 0 Å². The van der Waals surface area contributed by atoms with Crippen molar-refractivity contribution in [2.45, 2.75) is 32.7 Å². The number of carboxylic acids is 1. The van der Waals surface area contributed by atoms with Gasteiger partial charge in [0.1, 0.15) is 0 Å². The highest BCUT2D eigenvalue weighted by Crippen LogP contribution is 2.26. The molecule has 0 saturated carbocycles. The smallest absolute Gasteiger partial charge is 0.303 e. The molecule has 0 bridgehead atoms. The molecule has 2 heterocycles. The summed E-state index contributed by atoms with van der Waals surface area (Å²) in [6.45, 7) is 4.32. The second-order valence-electron chi connectivity index (χ2n) is 6.59. The molecular weight excluding hydrogens is 344 g/mol. The van der Waals surface area contributed by atoms with Crippen molar-refractivity contribution >= 4 is 22.9 Å². The summed E-state index contributed by atoms with van der Waals surface area (Å²) < 4.78 is 1.79. The lowest BCUT2D eigenvalue weighted by Crippen LogP contribution is -2.25. The van der Waals surface area contributed by atoms with Gasteiger partial charge in [0.2, 0.25) is 0 Å². The quantitative estimate of drug-likeness (QED) is 0.626. The van der Waals surface area contributed by atoms with Gasteiger partial charge in [-0.25, -0.2) is 9.67 Å². The lowest BCUT2D eigenvalue weighted by Gasteiger charge is -2.11. The number of carbonyl (C=O) groups excluding carboxylic acids is 1. The Bertz CT molecular complexity index is 964. The van der Waals surface area contributed by atoms with Crippen LogP contribution in [0, 0.1) is 0 Å². The molecule has 3 rings (SSSR count). The van der Waals surface area contributed by atoms with E-state index in [1.165, 1.54) is 0 Å². The van der Waals surface area contributed by atoms with Crippen LogP contribution in [0.3, 0.4) is 0 Å². The van der Waals surface area contributed by atoms with Crippen molar-refractivity contribution in [3.63, 3.8) is 0 Å². The molecule has 0 radical (unpaired) electrons. The molecule has 0 aliphatic rings. The number of nitrogens with zero attached hydrogens (tertiary/aromatic N) is 3. The average molecular weight is 366 g/mol. The molecule has 1 amide bonds. The Morgan fingerprint density at radius 1 is 1.22 bits per heavy atom. The number of pyridine rings is 1. The fourth-order valence-corrected chi connectivity index (χ4v) is 2.88. The lowest BCUT2D eigenvalue weighted by molar-refractivity contribution is -0.137. The molecule has 0 saturated heterocycles. The number of hydrogen-bond donors (Lipinski definition) is 2. The standard InChI is InChI=1S/C20H22N4O3/c1-13(2)24-19-16(12-22-24)15(20(27)21-10-6-9-18(25)26)11-17(23-19)14-7-4-3-5-8-14/h3-5,7-8,11-13H,6,9-10H2,1-2H3,(H,21,27)(H,25,26). The summed E-state index contributed by atoms with van der Waals surface area (Å²) >= 11 is 0. The first-order valence-electron chi connectivity index (χ1n) is 8.91. The highest BCUT2D eigenvalue weighted by atomic mass is 16.4. The molecule has 3 aromatic rings. The Hall–Kier alpha value is -3.22. The van der Waals surface area contributed by atoms with Gasteiger partial charge in [-0.1, -0.05) is 30.3 Å². The van der Waals surface area contributed by atoms with Gasteiger partial charge in [0.15, 0.2) is 5.65 Å². The van der Waals surface area contributed by atoms with Crippen LogP contribution in [-0.2, 0) is 4.79 Å². The number of aliphatic carboxylic acids is 1. The van der Waals surface area contributed by atoms with Crippen LogP contribution < -0.4 is 5.32 Å². The van der Waals surface area contributed by atoms with Gasteiger partial charge in [0.05, 0.1) is 22.8 Å². The molecule has 7 heteroatoms. The minimum atomic E-state index is -0.875. The molecule has 2 N–H and O–H groups in total. The molecule has 0 unspecified atom stereocenters. The van der Waals surface area contributed by atoms with E-state index in [0.717, 1.165) is 5.56 Å². The first-order chi connectivity index (χ1) is 13.0. The summed E-state index contributed by atoms with van der Waals surface area (Å²) in [6, 6.07) is 11.5.